The highest BCUT2D eigenvalue weighted by Crippen LogP contribution is 2.34. The first-order chi connectivity index (χ1) is 18.1. The predicted octanol–water partition coefficient (Wildman–Crippen LogP) is 10.2. The molecular formula is C35H64O3. The van der Waals surface area contributed by atoms with Crippen molar-refractivity contribution in [3.63, 3.8) is 0 Å². The van der Waals surface area contributed by atoms with E-state index in [9.17, 15) is 10.2 Å². The normalized spacial score (nSPS) is 20.9. The van der Waals surface area contributed by atoms with E-state index in [-0.39, 0.29) is 5.92 Å². The highest BCUT2D eigenvalue weighted by molar-refractivity contribution is 5.37. The zero-order chi connectivity index (χ0) is 28.4. The second-order valence-electron chi connectivity index (χ2n) is 12.7. The molecule has 0 aromatic rings. The van der Waals surface area contributed by atoms with Crippen LogP contribution in [0.15, 0.2) is 34.6 Å². The third kappa shape index (κ3) is 14.9. The monoisotopic (exact) mass is 532 g/mol. The molecule has 0 spiro atoms. The van der Waals surface area contributed by atoms with E-state index in [1.54, 1.807) is 0 Å². The summed E-state index contributed by atoms with van der Waals surface area (Å²) in [6.45, 7) is 16.1. The van der Waals surface area contributed by atoms with E-state index < -0.39 is 11.7 Å². The second kappa shape index (κ2) is 19.9. The highest BCUT2D eigenvalue weighted by atomic mass is 16.5. The molecule has 0 heterocycles. The number of hydrogen-bond donors (Lipinski definition) is 2. The number of rotatable bonds is 22. The molecule has 0 aromatic heterocycles. The average molecular weight is 533 g/mol. The molecule has 0 fully saturated rings. The lowest BCUT2D eigenvalue weighted by atomic mass is 9.84. The molecule has 2 N–H and O–H groups in total. The first kappa shape index (κ1) is 35.0. The summed E-state index contributed by atoms with van der Waals surface area (Å²) in [5.41, 5.74) is 3.35. The zero-order valence-corrected chi connectivity index (χ0v) is 26.4. The standard InChI is InChI=1S/C35H64O3/c1-8-10-12-13-14-16-26-38-34-31(6)30(5)33(36)27-32(34)23-22-29(4)20-17-19-28(3)21-18-25-35(7,37)24-15-11-9-2/h21,27,29-30,33,36-37H,8-20,22-26H2,1-7H3/b28-21+. The molecular weight excluding hydrogens is 468 g/mol. The first-order valence-electron chi connectivity index (χ1n) is 16.2. The Bertz CT molecular complexity index is 715. The van der Waals surface area contributed by atoms with Gasteiger partial charge in [-0.1, -0.05) is 97.1 Å². The molecule has 222 valence electrons. The molecule has 1 aliphatic carbocycles. The molecule has 0 bridgehead atoms. The third-order valence-corrected chi connectivity index (χ3v) is 8.63. The van der Waals surface area contributed by atoms with Crippen LogP contribution in [0.3, 0.4) is 0 Å². The first-order valence-corrected chi connectivity index (χ1v) is 16.2. The van der Waals surface area contributed by atoms with Crippen molar-refractivity contribution in [2.75, 3.05) is 6.61 Å². The van der Waals surface area contributed by atoms with Gasteiger partial charge in [0.25, 0.3) is 0 Å². The van der Waals surface area contributed by atoms with Crippen LogP contribution in [0.25, 0.3) is 0 Å². The van der Waals surface area contributed by atoms with E-state index in [4.69, 9.17) is 4.74 Å². The van der Waals surface area contributed by atoms with E-state index in [0.29, 0.717) is 5.92 Å². The lowest BCUT2D eigenvalue weighted by Crippen LogP contribution is -2.23. The summed E-state index contributed by atoms with van der Waals surface area (Å²) < 4.78 is 6.34. The fourth-order valence-electron chi connectivity index (χ4n) is 5.49. The number of allylic oxidation sites excluding steroid dienone is 3. The van der Waals surface area contributed by atoms with Crippen molar-refractivity contribution in [3.8, 4) is 0 Å². The van der Waals surface area contributed by atoms with E-state index in [1.807, 2.05) is 6.92 Å². The van der Waals surface area contributed by atoms with Crippen molar-refractivity contribution in [1.82, 2.24) is 0 Å². The van der Waals surface area contributed by atoms with Gasteiger partial charge in [-0.05, 0) is 95.3 Å². The summed E-state index contributed by atoms with van der Waals surface area (Å²) >= 11 is 0. The van der Waals surface area contributed by atoms with Gasteiger partial charge in [-0.15, -0.1) is 0 Å². The molecule has 38 heavy (non-hydrogen) atoms. The Morgan fingerprint density at radius 3 is 2.37 bits per heavy atom. The number of hydrogen-bond acceptors (Lipinski definition) is 3. The minimum atomic E-state index is -0.524. The quantitative estimate of drug-likeness (QED) is 0.108. The molecule has 4 atom stereocenters. The molecule has 0 aromatic carbocycles. The fraction of sp³-hybridized carbons (Fsp3) is 0.829. The van der Waals surface area contributed by atoms with Gasteiger partial charge in [0.05, 0.1) is 18.3 Å². The Balaban J connectivity index is 2.41. The van der Waals surface area contributed by atoms with Gasteiger partial charge in [0, 0.05) is 5.92 Å². The van der Waals surface area contributed by atoms with Crippen LogP contribution in [-0.2, 0) is 4.74 Å². The van der Waals surface area contributed by atoms with E-state index in [1.165, 1.54) is 74.5 Å². The topological polar surface area (TPSA) is 49.7 Å². The van der Waals surface area contributed by atoms with Gasteiger partial charge in [-0.25, -0.2) is 0 Å². The maximum absolute atomic E-state index is 10.6. The maximum atomic E-state index is 10.6. The molecule has 0 radical (unpaired) electrons. The third-order valence-electron chi connectivity index (χ3n) is 8.63. The van der Waals surface area contributed by atoms with Gasteiger partial charge in [0.15, 0.2) is 0 Å². The minimum Gasteiger partial charge on any atom is -0.493 e. The molecule has 0 aliphatic heterocycles. The molecule has 3 nitrogen and oxygen atoms in total. The molecule has 4 unspecified atom stereocenters. The summed E-state index contributed by atoms with van der Waals surface area (Å²) in [5.74, 6) is 1.85. The van der Waals surface area contributed by atoms with Crippen molar-refractivity contribution >= 4 is 0 Å². The highest BCUT2D eigenvalue weighted by Gasteiger charge is 2.26. The van der Waals surface area contributed by atoms with Crippen LogP contribution < -0.4 is 0 Å². The van der Waals surface area contributed by atoms with Crippen LogP contribution in [0, 0.1) is 11.8 Å². The Morgan fingerprint density at radius 1 is 1.00 bits per heavy atom. The van der Waals surface area contributed by atoms with Gasteiger partial charge in [-0.2, -0.15) is 0 Å². The lowest BCUT2D eigenvalue weighted by molar-refractivity contribution is 0.0403. The SMILES string of the molecule is CCCCCCCCOC1=C(C)C(C)C(O)C=C1CCC(C)CCC/C(C)=C/CCC(C)(O)CCCCC. The van der Waals surface area contributed by atoms with Crippen LogP contribution >= 0.6 is 0 Å². The van der Waals surface area contributed by atoms with Crippen LogP contribution in [0.4, 0.5) is 0 Å². The molecule has 1 aliphatic rings. The summed E-state index contributed by atoms with van der Waals surface area (Å²) in [5, 5.41) is 21.2. The van der Waals surface area contributed by atoms with Crippen molar-refractivity contribution < 1.29 is 14.9 Å². The molecule has 0 saturated carbocycles. The Labute approximate surface area is 237 Å². The van der Waals surface area contributed by atoms with Crippen molar-refractivity contribution in [2.45, 2.75) is 169 Å². The van der Waals surface area contributed by atoms with Crippen molar-refractivity contribution in [2.24, 2.45) is 11.8 Å². The predicted molar refractivity (Wildman–Crippen MR) is 165 cm³/mol. The number of aliphatic hydroxyl groups is 2. The Morgan fingerprint density at radius 2 is 1.66 bits per heavy atom. The van der Waals surface area contributed by atoms with Gasteiger partial charge in [-0.3, -0.25) is 0 Å². The van der Waals surface area contributed by atoms with Gasteiger partial charge >= 0.3 is 0 Å². The van der Waals surface area contributed by atoms with Crippen LogP contribution in [0.1, 0.15) is 158 Å². The zero-order valence-electron chi connectivity index (χ0n) is 26.4. The van der Waals surface area contributed by atoms with Crippen molar-refractivity contribution in [3.05, 3.63) is 34.6 Å². The van der Waals surface area contributed by atoms with Crippen LogP contribution in [0.5, 0.6) is 0 Å². The Kier molecular flexibility index (Phi) is 18.3. The summed E-state index contributed by atoms with van der Waals surface area (Å²) in [4.78, 5) is 0. The molecule has 0 saturated heterocycles. The average Bonchev–Trinajstić information content (AvgIpc) is 2.86. The fourth-order valence-corrected chi connectivity index (χ4v) is 5.49. The van der Waals surface area contributed by atoms with Crippen molar-refractivity contribution in [1.29, 1.82) is 0 Å². The lowest BCUT2D eigenvalue weighted by Gasteiger charge is -2.29. The summed E-state index contributed by atoms with van der Waals surface area (Å²) in [6, 6.07) is 0. The second-order valence-corrected chi connectivity index (χ2v) is 12.7. The van der Waals surface area contributed by atoms with Gasteiger partial charge in [0.2, 0.25) is 0 Å². The summed E-state index contributed by atoms with van der Waals surface area (Å²) in [7, 11) is 0. The van der Waals surface area contributed by atoms with Gasteiger partial charge < -0.3 is 14.9 Å². The van der Waals surface area contributed by atoms with Crippen LogP contribution in [0.2, 0.25) is 0 Å². The molecule has 1 rings (SSSR count). The van der Waals surface area contributed by atoms with Gasteiger partial charge in [0.1, 0.15) is 5.76 Å². The van der Waals surface area contributed by atoms with Crippen LogP contribution in [-0.4, -0.2) is 28.5 Å². The number of aliphatic hydroxyl groups excluding tert-OH is 1. The van der Waals surface area contributed by atoms with E-state index >= 15 is 0 Å². The number of ether oxygens (including phenoxy) is 1. The van der Waals surface area contributed by atoms with E-state index in [2.05, 4.69) is 53.7 Å². The molecule has 3 heteroatoms. The smallest absolute Gasteiger partial charge is 0.121 e. The summed E-state index contributed by atoms with van der Waals surface area (Å²) in [6.07, 6.45) is 23.6. The minimum absolute atomic E-state index is 0.130. The largest absolute Gasteiger partial charge is 0.493 e. The maximum Gasteiger partial charge on any atom is 0.121 e. The Hall–Kier alpha value is -1.06. The number of unbranched alkanes of at least 4 members (excludes halogenated alkanes) is 7. The van der Waals surface area contributed by atoms with E-state index in [0.717, 1.165) is 63.7 Å². The molecule has 0 amide bonds.